The van der Waals surface area contributed by atoms with E-state index in [4.69, 9.17) is 34.8 Å². The van der Waals surface area contributed by atoms with Crippen LogP contribution in [-0.4, -0.2) is 21.5 Å². The van der Waals surface area contributed by atoms with E-state index < -0.39 is 0 Å². The summed E-state index contributed by atoms with van der Waals surface area (Å²) in [7, 11) is 0. The van der Waals surface area contributed by atoms with E-state index in [1.165, 1.54) is 0 Å². The van der Waals surface area contributed by atoms with Crippen LogP contribution in [0.25, 0.3) is 0 Å². The average Bonchev–Trinajstić information content (AvgIpc) is 2.84. The van der Waals surface area contributed by atoms with Crippen molar-refractivity contribution in [1.82, 2.24) is 9.78 Å². The highest BCUT2D eigenvalue weighted by atomic mass is 35.5. The van der Waals surface area contributed by atoms with E-state index in [-0.39, 0.29) is 5.41 Å². The highest BCUT2D eigenvalue weighted by molar-refractivity contribution is 6.30. The van der Waals surface area contributed by atoms with Crippen LogP contribution in [0.1, 0.15) is 23.9 Å². The summed E-state index contributed by atoms with van der Waals surface area (Å²) in [5.74, 6) is 0.871. The van der Waals surface area contributed by atoms with Crippen molar-refractivity contribution in [2.75, 3.05) is 11.8 Å². The molecule has 0 atom stereocenters. The Balaban J connectivity index is 2.42. The first kappa shape index (κ1) is 16.7. The molecule has 5 heteroatoms. The summed E-state index contributed by atoms with van der Waals surface area (Å²) in [6.45, 7) is 4.91. The molecule has 2 nitrogen and oxygen atoms in total. The summed E-state index contributed by atoms with van der Waals surface area (Å²) in [5, 5.41) is 5.20. The van der Waals surface area contributed by atoms with Crippen LogP contribution in [0.5, 0.6) is 0 Å². The first-order valence-corrected chi connectivity index (χ1v) is 8.40. The average molecular weight is 346 g/mol. The second kappa shape index (κ2) is 7.04. The third-order valence-electron chi connectivity index (χ3n) is 3.75. The molecule has 0 fully saturated rings. The Bertz CT molecular complexity index is 603. The molecule has 1 aromatic carbocycles. The number of benzene rings is 1. The number of rotatable bonds is 6. The summed E-state index contributed by atoms with van der Waals surface area (Å²) >= 11 is 18.7. The quantitative estimate of drug-likeness (QED) is 0.686. The van der Waals surface area contributed by atoms with Gasteiger partial charge in [0.25, 0.3) is 0 Å². The summed E-state index contributed by atoms with van der Waals surface area (Å²) < 4.78 is 2.01. The van der Waals surface area contributed by atoms with Crippen LogP contribution < -0.4 is 0 Å². The Morgan fingerprint density at radius 1 is 1.19 bits per heavy atom. The van der Waals surface area contributed by atoms with Gasteiger partial charge in [0.05, 0.1) is 5.69 Å². The number of hydrogen-bond acceptors (Lipinski definition) is 1. The number of nitrogens with zero attached hydrogens (tertiary/aromatic N) is 2. The van der Waals surface area contributed by atoms with Gasteiger partial charge in [0.2, 0.25) is 0 Å². The topological polar surface area (TPSA) is 17.8 Å². The molecule has 21 heavy (non-hydrogen) atoms. The van der Waals surface area contributed by atoms with Crippen molar-refractivity contribution in [3.05, 3.63) is 52.3 Å². The van der Waals surface area contributed by atoms with Crippen LogP contribution in [0, 0.1) is 6.92 Å². The monoisotopic (exact) mass is 344 g/mol. The minimum absolute atomic E-state index is 0.340. The molecule has 1 heterocycles. The van der Waals surface area contributed by atoms with E-state index in [1.807, 2.05) is 35.9 Å². The molecule has 2 aromatic rings. The zero-order valence-electron chi connectivity index (χ0n) is 12.2. The molecule has 0 bridgehead atoms. The standard InChI is InChI=1S/C16H19Cl3N2/c1-3-21-15(7-12(2)20-21)9-16(10-17,11-18)13-5-4-6-14(19)8-13/h4-8H,3,9-11H2,1-2H3. The van der Waals surface area contributed by atoms with Gasteiger partial charge in [0, 0.05) is 40.9 Å². The van der Waals surface area contributed by atoms with Crippen LogP contribution in [0.4, 0.5) is 0 Å². The largest absolute Gasteiger partial charge is 0.270 e. The molecular formula is C16H19Cl3N2. The van der Waals surface area contributed by atoms with Crippen molar-refractivity contribution in [2.24, 2.45) is 0 Å². The molecule has 0 saturated heterocycles. The summed E-state index contributed by atoms with van der Waals surface area (Å²) in [6.07, 6.45) is 0.745. The minimum Gasteiger partial charge on any atom is -0.270 e. The van der Waals surface area contributed by atoms with Crippen LogP contribution >= 0.6 is 34.8 Å². The molecule has 2 rings (SSSR count). The van der Waals surface area contributed by atoms with Gasteiger partial charge >= 0.3 is 0 Å². The fraction of sp³-hybridized carbons (Fsp3) is 0.438. The molecule has 0 radical (unpaired) electrons. The number of aromatic nitrogens is 2. The Kier molecular flexibility index (Phi) is 5.59. The predicted octanol–water partition coefficient (Wildman–Crippen LogP) is 4.82. The van der Waals surface area contributed by atoms with Crippen molar-refractivity contribution in [3.63, 3.8) is 0 Å². The number of hydrogen-bond donors (Lipinski definition) is 0. The predicted molar refractivity (Wildman–Crippen MR) is 90.9 cm³/mol. The van der Waals surface area contributed by atoms with Gasteiger partial charge in [-0.1, -0.05) is 23.7 Å². The lowest BCUT2D eigenvalue weighted by Crippen LogP contribution is -2.34. The summed E-state index contributed by atoms with van der Waals surface area (Å²) in [5.41, 5.74) is 2.89. The van der Waals surface area contributed by atoms with E-state index in [0.717, 1.165) is 29.9 Å². The van der Waals surface area contributed by atoms with Gasteiger partial charge in [-0.3, -0.25) is 4.68 Å². The molecule has 1 aromatic heterocycles. The van der Waals surface area contributed by atoms with E-state index in [1.54, 1.807) is 0 Å². The van der Waals surface area contributed by atoms with Gasteiger partial charge in [0.15, 0.2) is 0 Å². The maximum absolute atomic E-state index is 6.31. The fourth-order valence-corrected chi connectivity index (χ4v) is 3.54. The fourth-order valence-electron chi connectivity index (χ4n) is 2.57. The van der Waals surface area contributed by atoms with Crippen LogP contribution in [-0.2, 0) is 18.4 Å². The molecule has 0 N–H and O–H groups in total. The SMILES string of the molecule is CCn1nc(C)cc1CC(CCl)(CCl)c1cccc(Cl)c1. The minimum atomic E-state index is -0.340. The Hall–Kier alpha value is -0.700. The summed E-state index contributed by atoms with van der Waals surface area (Å²) in [4.78, 5) is 0. The molecule has 0 unspecified atom stereocenters. The zero-order chi connectivity index (χ0) is 15.5. The van der Waals surface area contributed by atoms with Crippen molar-refractivity contribution in [1.29, 1.82) is 0 Å². The first-order chi connectivity index (χ1) is 10.0. The number of halogens is 3. The lowest BCUT2D eigenvalue weighted by molar-refractivity contribution is 0.498. The highest BCUT2D eigenvalue weighted by Gasteiger charge is 2.32. The van der Waals surface area contributed by atoms with Crippen LogP contribution in [0.15, 0.2) is 30.3 Å². The van der Waals surface area contributed by atoms with Gasteiger partial charge in [-0.15, -0.1) is 23.2 Å². The molecular weight excluding hydrogens is 327 g/mol. The van der Waals surface area contributed by atoms with E-state index in [2.05, 4.69) is 18.1 Å². The number of alkyl halides is 2. The molecule has 0 amide bonds. The second-order valence-electron chi connectivity index (χ2n) is 5.33. The molecule has 0 aliphatic carbocycles. The second-order valence-corrected chi connectivity index (χ2v) is 6.30. The normalized spacial score (nSPS) is 11.9. The molecule has 0 spiro atoms. The Labute approximate surface area is 141 Å². The van der Waals surface area contributed by atoms with Gasteiger partial charge < -0.3 is 0 Å². The third-order valence-corrected chi connectivity index (χ3v) is 5.01. The van der Waals surface area contributed by atoms with Gasteiger partial charge in [0.1, 0.15) is 0 Å². The molecule has 114 valence electrons. The van der Waals surface area contributed by atoms with Gasteiger partial charge in [-0.05, 0) is 37.6 Å². The first-order valence-electron chi connectivity index (χ1n) is 6.96. The summed E-state index contributed by atoms with van der Waals surface area (Å²) in [6, 6.07) is 9.89. The van der Waals surface area contributed by atoms with E-state index >= 15 is 0 Å². The maximum Gasteiger partial charge on any atom is 0.0596 e. The van der Waals surface area contributed by atoms with E-state index in [0.29, 0.717) is 16.8 Å². The van der Waals surface area contributed by atoms with Crippen molar-refractivity contribution in [3.8, 4) is 0 Å². The number of aryl methyl sites for hydroxylation is 2. The Morgan fingerprint density at radius 3 is 2.48 bits per heavy atom. The lowest BCUT2D eigenvalue weighted by atomic mass is 9.80. The van der Waals surface area contributed by atoms with E-state index in [9.17, 15) is 0 Å². The molecule has 0 saturated carbocycles. The molecule has 0 aliphatic rings. The zero-order valence-corrected chi connectivity index (χ0v) is 14.5. The highest BCUT2D eigenvalue weighted by Crippen LogP contribution is 2.33. The van der Waals surface area contributed by atoms with Gasteiger partial charge in [-0.25, -0.2) is 0 Å². The van der Waals surface area contributed by atoms with Crippen molar-refractivity contribution >= 4 is 34.8 Å². The van der Waals surface area contributed by atoms with Crippen LogP contribution in [0.2, 0.25) is 5.02 Å². The molecule has 0 aliphatic heterocycles. The maximum atomic E-state index is 6.31. The smallest absolute Gasteiger partial charge is 0.0596 e. The van der Waals surface area contributed by atoms with Gasteiger partial charge in [-0.2, -0.15) is 5.10 Å². The lowest BCUT2D eigenvalue weighted by Gasteiger charge is -2.30. The van der Waals surface area contributed by atoms with Crippen LogP contribution in [0.3, 0.4) is 0 Å². The third kappa shape index (κ3) is 3.56. The van der Waals surface area contributed by atoms with Crippen molar-refractivity contribution < 1.29 is 0 Å². The Morgan fingerprint density at radius 2 is 1.90 bits per heavy atom. The van der Waals surface area contributed by atoms with Crippen molar-refractivity contribution in [2.45, 2.75) is 32.2 Å².